The van der Waals surface area contributed by atoms with Crippen molar-refractivity contribution in [1.29, 1.82) is 0 Å². The molecule has 1 aromatic heterocycles. The van der Waals surface area contributed by atoms with Gasteiger partial charge in [0.2, 0.25) is 0 Å². The summed E-state index contributed by atoms with van der Waals surface area (Å²) in [6, 6.07) is 1.12. The van der Waals surface area contributed by atoms with Gasteiger partial charge in [-0.1, -0.05) is 0 Å². The van der Waals surface area contributed by atoms with Gasteiger partial charge in [-0.25, -0.2) is 0 Å². The quantitative estimate of drug-likeness (QED) is 0.216. The van der Waals surface area contributed by atoms with Gasteiger partial charge in [0.05, 0.1) is 6.20 Å². The third kappa shape index (κ3) is 9.44. The summed E-state index contributed by atoms with van der Waals surface area (Å²) < 4.78 is 0. The topological polar surface area (TPSA) is 68.3 Å². The molecule has 3 N–H and O–H groups in total. The second kappa shape index (κ2) is 13.4. The Bertz CT molecular complexity index is 476. The number of nitrogens with zero attached hydrogens (tertiary/aromatic N) is 3. The maximum atomic E-state index is 4.67. The predicted octanol–water partition coefficient (Wildman–Crippen LogP) is 2.94. The molecule has 7 heteroatoms. The van der Waals surface area contributed by atoms with Crippen LogP contribution in [0.3, 0.4) is 0 Å². The van der Waals surface area contributed by atoms with E-state index in [1.807, 2.05) is 6.20 Å². The van der Waals surface area contributed by atoms with E-state index in [1.165, 1.54) is 5.56 Å². The molecule has 0 fully saturated rings. The number of hydrogen-bond donors (Lipinski definition) is 3. The van der Waals surface area contributed by atoms with Crippen LogP contribution in [0.15, 0.2) is 11.2 Å². The van der Waals surface area contributed by atoms with E-state index in [0.29, 0.717) is 12.1 Å². The van der Waals surface area contributed by atoms with Gasteiger partial charge in [-0.2, -0.15) is 5.10 Å². The Morgan fingerprint density at radius 1 is 1.24 bits per heavy atom. The van der Waals surface area contributed by atoms with Crippen LogP contribution in [-0.4, -0.2) is 59.3 Å². The monoisotopic (exact) mass is 464 g/mol. The smallest absolute Gasteiger partial charge is 0.191 e. The highest BCUT2D eigenvalue weighted by molar-refractivity contribution is 14.0. The van der Waals surface area contributed by atoms with Gasteiger partial charge in [-0.15, -0.1) is 24.0 Å². The Morgan fingerprint density at radius 2 is 1.92 bits per heavy atom. The van der Waals surface area contributed by atoms with Crippen molar-refractivity contribution in [3.63, 3.8) is 0 Å². The summed E-state index contributed by atoms with van der Waals surface area (Å²) in [5, 5.41) is 13.8. The van der Waals surface area contributed by atoms with E-state index < -0.39 is 0 Å². The summed E-state index contributed by atoms with van der Waals surface area (Å²) in [7, 11) is 0. The van der Waals surface area contributed by atoms with Crippen molar-refractivity contribution in [2.45, 2.75) is 66.5 Å². The van der Waals surface area contributed by atoms with E-state index in [2.05, 4.69) is 72.3 Å². The van der Waals surface area contributed by atoms with Crippen molar-refractivity contribution in [2.24, 2.45) is 4.99 Å². The Kier molecular flexibility index (Phi) is 12.9. The molecular formula is C18H37IN6. The zero-order chi connectivity index (χ0) is 17.9. The molecule has 0 spiro atoms. The highest BCUT2D eigenvalue weighted by atomic mass is 127. The van der Waals surface area contributed by atoms with Crippen LogP contribution in [0.2, 0.25) is 0 Å². The minimum atomic E-state index is 0. The molecule has 0 aliphatic heterocycles. The highest BCUT2D eigenvalue weighted by Gasteiger charge is 2.12. The molecule has 0 aliphatic rings. The van der Waals surface area contributed by atoms with E-state index in [4.69, 9.17) is 0 Å². The Labute approximate surface area is 170 Å². The fourth-order valence-corrected chi connectivity index (χ4v) is 2.85. The van der Waals surface area contributed by atoms with Crippen molar-refractivity contribution in [1.82, 2.24) is 25.7 Å². The van der Waals surface area contributed by atoms with E-state index in [-0.39, 0.29) is 24.0 Å². The molecule has 0 amide bonds. The first-order chi connectivity index (χ1) is 11.5. The van der Waals surface area contributed by atoms with Crippen molar-refractivity contribution in [2.75, 3.05) is 26.2 Å². The van der Waals surface area contributed by atoms with Gasteiger partial charge in [-0.05, 0) is 59.9 Å². The van der Waals surface area contributed by atoms with E-state index in [9.17, 15) is 0 Å². The van der Waals surface area contributed by atoms with E-state index in [0.717, 1.165) is 50.7 Å². The Balaban J connectivity index is 0.00000576. The summed E-state index contributed by atoms with van der Waals surface area (Å²) in [6.45, 7) is 16.8. The third-order valence-electron chi connectivity index (χ3n) is 4.14. The number of aryl methyl sites for hydroxylation is 2. The van der Waals surface area contributed by atoms with E-state index >= 15 is 0 Å². The highest BCUT2D eigenvalue weighted by Crippen LogP contribution is 2.06. The second-order valence-electron chi connectivity index (χ2n) is 6.74. The lowest BCUT2D eigenvalue weighted by atomic mass is 10.1. The van der Waals surface area contributed by atoms with E-state index in [1.54, 1.807) is 0 Å². The molecule has 1 rings (SSSR count). The molecule has 0 aliphatic carbocycles. The number of hydrogen-bond acceptors (Lipinski definition) is 3. The number of nitrogens with one attached hydrogen (secondary N) is 3. The van der Waals surface area contributed by atoms with Gasteiger partial charge in [0.1, 0.15) is 0 Å². The van der Waals surface area contributed by atoms with Gasteiger partial charge in [-0.3, -0.25) is 15.0 Å². The number of aromatic nitrogens is 2. The van der Waals surface area contributed by atoms with Gasteiger partial charge in [0.15, 0.2) is 5.96 Å². The average molecular weight is 464 g/mol. The van der Waals surface area contributed by atoms with Crippen molar-refractivity contribution >= 4 is 29.9 Å². The number of H-pyrrole nitrogens is 1. The number of rotatable bonds is 10. The lowest BCUT2D eigenvalue weighted by molar-refractivity contribution is 0.178. The van der Waals surface area contributed by atoms with Gasteiger partial charge < -0.3 is 10.6 Å². The van der Waals surface area contributed by atoms with Crippen LogP contribution in [0.4, 0.5) is 0 Å². The molecule has 1 aromatic rings. The number of aromatic amines is 1. The van der Waals surface area contributed by atoms with Crippen LogP contribution in [0.5, 0.6) is 0 Å². The predicted molar refractivity (Wildman–Crippen MR) is 118 cm³/mol. The summed E-state index contributed by atoms with van der Waals surface area (Å²) in [6.07, 6.45) is 3.95. The van der Waals surface area contributed by atoms with Crippen LogP contribution in [0.1, 0.15) is 52.3 Å². The molecule has 0 unspecified atom stereocenters. The minimum absolute atomic E-state index is 0. The standard InChI is InChI=1S/C18H36N6.HI/c1-7-19-18(21-11-12-24(14(2)3)15(4)5)20-10-8-9-17-13-22-23-16(17)6;/h13-15H,7-12H2,1-6H3,(H,22,23)(H2,19,20,21);1H. The van der Waals surface area contributed by atoms with Gasteiger partial charge in [0, 0.05) is 44.0 Å². The fraction of sp³-hybridized carbons (Fsp3) is 0.778. The van der Waals surface area contributed by atoms with Crippen LogP contribution < -0.4 is 10.6 Å². The lowest BCUT2D eigenvalue weighted by Gasteiger charge is -2.30. The molecule has 0 saturated heterocycles. The Hall–Kier alpha value is -0.830. The minimum Gasteiger partial charge on any atom is -0.357 e. The van der Waals surface area contributed by atoms with Gasteiger partial charge in [0.25, 0.3) is 0 Å². The van der Waals surface area contributed by atoms with Crippen molar-refractivity contribution in [3.05, 3.63) is 17.5 Å². The lowest BCUT2D eigenvalue weighted by Crippen LogP contribution is -2.45. The molecule has 25 heavy (non-hydrogen) atoms. The average Bonchev–Trinajstić information content (AvgIpc) is 2.92. The molecule has 0 radical (unpaired) electrons. The SMILES string of the molecule is CCNC(=NCCCc1cn[nH]c1C)NCCN(C(C)C)C(C)C.I. The number of aliphatic imine (C=N–C) groups is 1. The molecule has 0 bridgehead atoms. The van der Waals surface area contributed by atoms with Gasteiger partial charge >= 0.3 is 0 Å². The third-order valence-corrected chi connectivity index (χ3v) is 4.14. The summed E-state index contributed by atoms with van der Waals surface area (Å²) in [5.74, 6) is 0.911. The first-order valence-corrected chi connectivity index (χ1v) is 9.22. The summed E-state index contributed by atoms with van der Waals surface area (Å²) in [5.41, 5.74) is 2.44. The second-order valence-corrected chi connectivity index (χ2v) is 6.74. The maximum Gasteiger partial charge on any atom is 0.191 e. The normalized spacial score (nSPS) is 12.0. The molecule has 6 nitrogen and oxygen atoms in total. The molecule has 0 aromatic carbocycles. The first-order valence-electron chi connectivity index (χ1n) is 9.22. The zero-order valence-electron chi connectivity index (χ0n) is 16.7. The van der Waals surface area contributed by atoms with Crippen LogP contribution in [-0.2, 0) is 6.42 Å². The van der Waals surface area contributed by atoms with Crippen molar-refractivity contribution in [3.8, 4) is 0 Å². The molecule has 146 valence electrons. The Morgan fingerprint density at radius 3 is 2.44 bits per heavy atom. The van der Waals surface area contributed by atoms with Crippen LogP contribution >= 0.6 is 24.0 Å². The zero-order valence-corrected chi connectivity index (χ0v) is 19.1. The van der Waals surface area contributed by atoms with Crippen LogP contribution in [0.25, 0.3) is 0 Å². The summed E-state index contributed by atoms with van der Waals surface area (Å²) >= 11 is 0. The molecule has 1 heterocycles. The largest absolute Gasteiger partial charge is 0.357 e. The fourth-order valence-electron chi connectivity index (χ4n) is 2.85. The van der Waals surface area contributed by atoms with Crippen molar-refractivity contribution < 1.29 is 0 Å². The van der Waals surface area contributed by atoms with Crippen LogP contribution in [0, 0.1) is 6.92 Å². The first kappa shape index (κ1) is 24.2. The maximum absolute atomic E-state index is 4.67. The molecule has 0 saturated carbocycles. The summed E-state index contributed by atoms with van der Waals surface area (Å²) in [4.78, 5) is 7.16. The molecular weight excluding hydrogens is 427 g/mol. The number of halogens is 1. The number of guanidine groups is 1. The molecule has 0 atom stereocenters.